The van der Waals surface area contributed by atoms with Crippen LogP contribution in [-0.4, -0.2) is 31.8 Å². The lowest BCUT2D eigenvalue weighted by atomic mass is 10.2. The van der Waals surface area contributed by atoms with Crippen molar-refractivity contribution in [3.63, 3.8) is 0 Å². The Hall–Kier alpha value is -1.89. The summed E-state index contributed by atoms with van der Waals surface area (Å²) in [7, 11) is 1.79. The Morgan fingerprint density at radius 3 is 2.86 bits per heavy atom. The highest BCUT2D eigenvalue weighted by atomic mass is 16.2. The zero-order valence-electron chi connectivity index (χ0n) is 12.7. The molecule has 0 bridgehead atoms. The molecule has 1 saturated heterocycles. The summed E-state index contributed by atoms with van der Waals surface area (Å²) in [5.74, 6) is 0. The second-order valence-corrected chi connectivity index (χ2v) is 5.76. The Morgan fingerprint density at radius 2 is 2.24 bits per heavy atom. The van der Waals surface area contributed by atoms with Gasteiger partial charge in [-0.05, 0) is 26.3 Å². The van der Waals surface area contributed by atoms with Crippen LogP contribution in [0.15, 0.2) is 15.9 Å². The molecular formula is C14H21N5O2. The van der Waals surface area contributed by atoms with Gasteiger partial charge in [0.1, 0.15) is 0 Å². The van der Waals surface area contributed by atoms with Gasteiger partial charge in [0, 0.05) is 19.6 Å². The minimum atomic E-state index is -0.241. The predicted octanol–water partition coefficient (Wildman–Crippen LogP) is 0.402. The average molecular weight is 291 g/mol. The zero-order valence-corrected chi connectivity index (χ0v) is 12.7. The van der Waals surface area contributed by atoms with Gasteiger partial charge in [-0.1, -0.05) is 6.92 Å². The zero-order chi connectivity index (χ0) is 15.1. The number of aryl methyl sites for hydroxylation is 1. The van der Waals surface area contributed by atoms with Crippen LogP contribution in [0.4, 0.5) is 0 Å². The highest BCUT2D eigenvalue weighted by Gasteiger charge is 2.25. The largest absolute Gasteiger partial charge is 0.333 e. The molecule has 0 aliphatic carbocycles. The van der Waals surface area contributed by atoms with E-state index in [0.29, 0.717) is 17.7 Å². The molecule has 1 N–H and O–H groups in total. The molecule has 3 rings (SSSR count). The van der Waals surface area contributed by atoms with Gasteiger partial charge in [0.05, 0.1) is 12.4 Å². The third kappa shape index (κ3) is 2.03. The van der Waals surface area contributed by atoms with Crippen LogP contribution in [0.1, 0.15) is 38.8 Å². The van der Waals surface area contributed by atoms with Gasteiger partial charge in [-0.15, -0.1) is 0 Å². The van der Waals surface area contributed by atoms with Gasteiger partial charge in [0.25, 0.3) is 5.56 Å². The summed E-state index contributed by atoms with van der Waals surface area (Å²) < 4.78 is 4.78. The van der Waals surface area contributed by atoms with Crippen molar-refractivity contribution in [2.45, 2.75) is 38.8 Å². The molecule has 3 heterocycles. The standard InChI is InChI=1S/C14H21N5O2/c1-4-9(2)18-12-11(17(3)8-16-12)13(20)19(14(18)21)10-5-6-15-7-10/h8-10,15H,4-7H2,1-3H3. The number of hydrogen-bond acceptors (Lipinski definition) is 4. The van der Waals surface area contributed by atoms with Gasteiger partial charge >= 0.3 is 5.69 Å². The van der Waals surface area contributed by atoms with Crippen LogP contribution in [0, 0.1) is 0 Å². The minimum absolute atomic E-state index is 0.0103. The van der Waals surface area contributed by atoms with Crippen LogP contribution in [0.25, 0.3) is 11.2 Å². The first-order valence-corrected chi connectivity index (χ1v) is 7.45. The van der Waals surface area contributed by atoms with E-state index in [1.165, 1.54) is 4.57 Å². The van der Waals surface area contributed by atoms with Crippen LogP contribution in [0.3, 0.4) is 0 Å². The predicted molar refractivity (Wildman–Crippen MR) is 80.8 cm³/mol. The molecular weight excluding hydrogens is 270 g/mol. The lowest BCUT2D eigenvalue weighted by molar-refractivity contribution is 0.443. The van der Waals surface area contributed by atoms with E-state index in [1.807, 2.05) is 13.8 Å². The smallest absolute Gasteiger partial charge is 0.328 e. The third-order valence-electron chi connectivity index (χ3n) is 4.41. The molecule has 2 atom stereocenters. The second kappa shape index (κ2) is 5.14. The topological polar surface area (TPSA) is 73.8 Å². The van der Waals surface area contributed by atoms with Crippen LogP contribution in [0.5, 0.6) is 0 Å². The molecule has 7 heteroatoms. The summed E-state index contributed by atoms with van der Waals surface area (Å²) in [5, 5.41) is 3.21. The van der Waals surface area contributed by atoms with E-state index >= 15 is 0 Å². The van der Waals surface area contributed by atoms with Crippen LogP contribution >= 0.6 is 0 Å². The molecule has 1 aliphatic heterocycles. The summed E-state index contributed by atoms with van der Waals surface area (Å²) >= 11 is 0. The molecule has 2 aromatic rings. The molecule has 0 amide bonds. The third-order valence-corrected chi connectivity index (χ3v) is 4.41. The first-order chi connectivity index (χ1) is 10.1. The Kier molecular flexibility index (Phi) is 3.44. The number of nitrogens with one attached hydrogen (secondary N) is 1. The number of hydrogen-bond donors (Lipinski definition) is 1. The van der Waals surface area contributed by atoms with Gasteiger partial charge in [0.2, 0.25) is 0 Å². The molecule has 21 heavy (non-hydrogen) atoms. The molecule has 0 radical (unpaired) electrons. The molecule has 2 unspecified atom stereocenters. The molecule has 0 spiro atoms. The molecule has 0 aromatic carbocycles. The van der Waals surface area contributed by atoms with Crippen molar-refractivity contribution < 1.29 is 0 Å². The van der Waals surface area contributed by atoms with E-state index in [9.17, 15) is 9.59 Å². The van der Waals surface area contributed by atoms with Crippen LogP contribution in [0.2, 0.25) is 0 Å². The monoisotopic (exact) mass is 291 g/mol. The van der Waals surface area contributed by atoms with E-state index in [0.717, 1.165) is 19.4 Å². The summed E-state index contributed by atoms with van der Waals surface area (Å²) in [6.45, 7) is 5.51. The Morgan fingerprint density at radius 1 is 1.48 bits per heavy atom. The second-order valence-electron chi connectivity index (χ2n) is 5.76. The van der Waals surface area contributed by atoms with Crippen molar-refractivity contribution in [2.24, 2.45) is 7.05 Å². The fraction of sp³-hybridized carbons (Fsp3) is 0.643. The highest BCUT2D eigenvalue weighted by Crippen LogP contribution is 2.16. The van der Waals surface area contributed by atoms with Gasteiger partial charge in [0.15, 0.2) is 11.2 Å². The fourth-order valence-electron chi connectivity index (χ4n) is 3.01. The minimum Gasteiger partial charge on any atom is -0.328 e. The van der Waals surface area contributed by atoms with E-state index in [2.05, 4.69) is 10.3 Å². The number of rotatable bonds is 3. The first-order valence-electron chi connectivity index (χ1n) is 7.45. The van der Waals surface area contributed by atoms with Crippen LogP contribution in [-0.2, 0) is 7.05 Å². The van der Waals surface area contributed by atoms with E-state index < -0.39 is 0 Å². The quantitative estimate of drug-likeness (QED) is 0.888. The maximum absolute atomic E-state index is 12.8. The van der Waals surface area contributed by atoms with Crippen molar-refractivity contribution >= 4 is 11.2 Å². The van der Waals surface area contributed by atoms with Crippen molar-refractivity contribution in [2.75, 3.05) is 13.1 Å². The Labute approximate surface area is 122 Å². The normalized spacial score (nSPS) is 20.2. The molecule has 1 fully saturated rings. The Bertz CT molecular complexity index is 779. The number of nitrogens with zero attached hydrogens (tertiary/aromatic N) is 4. The molecule has 1 aliphatic rings. The number of imidazole rings is 1. The van der Waals surface area contributed by atoms with Gasteiger partial charge in [-0.25, -0.2) is 9.78 Å². The lowest BCUT2D eigenvalue weighted by Gasteiger charge is -2.19. The van der Waals surface area contributed by atoms with Crippen molar-refractivity contribution in [1.82, 2.24) is 24.0 Å². The first kappa shape index (κ1) is 14.1. The average Bonchev–Trinajstić information content (AvgIpc) is 3.09. The summed E-state index contributed by atoms with van der Waals surface area (Å²) in [6.07, 6.45) is 3.22. The van der Waals surface area contributed by atoms with Gasteiger partial charge in [-0.3, -0.25) is 13.9 Å². The summed E-state index contributed by atoms with van der Waals surface area (Å²) in [6, 6.07) is -0.0595. The number of fused-ring (bicyclic) bond motifs is 1. The van der Waals surface area contributed by atoms with Crippen molar-refractivity contribution in [1.29, 1.82) is 0 Å². The highest BCUT2D eigenvalue weighted by molar-refractivity contribution is 5.70. The summed E-state index contributed by atoms with van der Waals surface area (Å²) in [5.41, 5.74) is 0.517. The number of aromatic nitrogens is 4. The van der Waals surface area contributed by atoms with E-state index in [-0.39, 0.29) is 23.3 Å². The van der Waals surface area contributed by atoms with Crippen LogP contribution < -0.4 is 16.6 Å². The molecule has 114 valence electrons. The van der Waals surface area contributed by atoms with Crippen molar-refractivity contribution in [3.8, 4) is 0 Å². The van der Waals surface area contributed by atoms with E-state index in [1.54, 1.807) is 22.5 Å². The molecule has 7 nitrogen and oxygen atoms in total. The molecule has 2 aromatic heterocycles. The van der Waals surface area contributed by atoms with Gasteiger partial charge < -0.3 is 9.88 Å². The summed E-state index contributed by atoms with van der Waals surface area (Å²) in [4.78, 5) is 29.9. The fourth-order valence-corrected chi connectivity index (χ4v) is 3.01. The maximum atomic E-state index is 12.8. The SMILES string of the molecule is CCC(C)n1c(=O)n(C2CCNC2)c(=O)c2c1ncn2C. The van der Waals surface area contributed by atoms with Crippen molar-refractivity contribution in [3.05, 3.63) is 27.2 Å². The Balaban J connectivity index is 2.39. The van der Waals surface area contributed by atoms with Gasteiger partial charge in [-0.2, -0.15) is 0 Å². The lowest BCUT2D eigenvalue weighted by Crippen LogP contribution is -2.44. The van der Waals surface area contributed by atoms with E-state index in [4.69, 9.17) is 0 Å². The molecule has 0 saturated carbocycles. The maximum Gasteiger partial charge on any atom is 0.333 e.